The summed E-state index contributed by atoms with van der Waals surface area (Å²) < 4.78 is 1.69. The molecule has 2 aliphatic heterocycles. The number of aromatic nitrogens is 5. The van der Waals surface area contributed by atoms with Crippen LogP contribution in [0, 0.1) is 5.41 Å². The molecule has 1 N–H and O–H groups in total. The molecule has 2 fully saturated rings. The summed E-state index contributed by atoms with van der Waals surface area (Å²) in [6.45, 7) is 3.55. The lowest BCUT2D eigenvalue weighted by Gasteiger charge is -2.48. The van der Waals surface area contributed by atoms with Crippen molar-refractivity contribution in [3.8, 4) is 0 Å². The van der Waals surface area contributed by atoms with E-state index in [9.17, 15) is 9.59 Å². The quantitative estimate of drug-likeness (QED) is 0.795. The normalized spacial score (nSPS) is 22.8. The SMILES string of the molecule is O=C(CCn1cncn1)N1CCC[C@]2(CCC(=O)N(CCc3cnc[nH]3)C2)C1. The lowest BCUT2D eigenvalue weighted by molar-refractivity contribution is -0.143. The fraction of sp³-hybridized carbons (Fsp3) is 0.632. The Kier molecular flexibility index (Phi) is 5.40. The van der Waals surface area contributed by atoms with Crippen molar-refractivity contribution in [1.82, 2.24) is 34.5 Å². The number of carbonyl (C=O) groups excluding carboxylic acids is 2. The van der Waals surface area contributed by atoms with E-state index in [2.05, 4.69) is 20.1 Å². The molecule has 2 saturated heterocycles. The molecule has 0 radical (unpaired) electrons. The summed E-state index contributed by atoms with van der Waals surface area (Å²) >= 11 is 0. The Morgan fingerprint density at radius 3 is 2.93 bits per heavy atom. The third-order valence-electron chi connectivity index (χ3n) is 5.99. The second kappa shape index (κ2) is 8.12. The molecule has 2 aliphatic rings. The molecule has 0 unspecified atom stereocenters. The van der Waals surface area contributed by atoms with Gasteiger partial charge in [-0.05, 0) is 19.3 Å². The Balaban J connectivity index is 1.34. The summed E-state index contributed by atoms with van der Waals surface area (Å²) in [5.74, 6) is 0.384. The van der Waals surface area contributed by atoms with Gasteiger partial charge in [-0.15, -0.1) is 0 Å². The zero-order valence-electron chi connectivity index (χ0n) is 16.1. The van der Waals surface area contributed by atoms with Crippen LogP contribution in [0.2, 0.25) is 0 Å². The van der Waals surface area contributed by atoms with Gasteiger partial charge in [0.25, 0.3) is 0 Å². The Labute approximate surface area is 164 Å². The molecule has 1 spiro atoms. The van der Waals surface area contributed by atoms with Crippen molar-refractivity contribution in [2.24, 2.45) is 5.41 Å². The number of rotatable bonds is 6. The molecule has 4 rings (SSSR count). The van der Waals surface area contributed by atoms with Crippen molar-refractivity contribution in [2.45, 2.75) is 45.1 Å². The summed E-state index contributed by atoms with van der Waals surface area (Å²) in [6, 6.07) is 0. The zero-order valence-corrected chi connectivity index (χ0v) is 16.1. The Bertz CT molecular complexity index is 789. The van der Waals surface area contributed by atoms with Crippen LogP contribution in [0.4, 0.5) is 0 Å². The van der Waals surface area contributed by atoms with E-state index in [1.807, 2.05) is 9.80 Å². The number of likely N-dealkylation sites (tertiary alicyclic amines) is 2. The van der Waals surface area contributed by atoms with E-state index in [1.165, 1.54) is 6.33 Å². The molecule has 1 atom stereocenters. The molecule has 4 heterocycles. The number of aromatic amines is 1. The molecule has 9 nitrogen and oxygen atoms in total. The van der Waals surface area contributed by atoms with Gasteiger partial charge in [-0.25, -0.2) is 9.97 Å². The highest BCUT2D eigenvalue weighted by molar-refractivity contribution is 5.78. The molecule has 9 heteroatoms. The van der Waals surface area contributed by atoms with Crippen LogP contribution in [0.15, 0.2) is 25.2 Å². The smallest absolute Gasteiger partial charge is 0.224 e. The molecule has 28 heavy (non-hydrogen) atoms. The Morgan fingerprint density at radius 2 is 2.14 bits per heavy atom. The number of aryl methyl sites for hydroxylation is 1. The van der Waals surface area contributed by atoms with Crippen molar-refractivity contribution in [3.05, 3.63) is 30.9 Å². The van der Waals surface area contributed by atoms with Crippen molar-refractivity contribution in [2.75, 3.05) is 26.2 Å². The lowest BCUT2D eigenvalue weighted by atomic mass is 9.73. The third-order valence-corrected chi connectivity index (χ3v) is 5.99. The van der Waals surface area contributed by atoms with Crippen LogP contribution in [-0.2, 0) is 22.6 Å². The van der Waals surface area contributed by atoms with Gasteiger partial charge in [0, 0.05) is 62.7 Å². The van der Waals surface area contributed by atoms with Gasteiger partial charge in [-0.2, -0.15) is 5.10 Å². The summed E-state index contributed by atoms with van der Waals surface area (Å²) in [5, 5.41) is 4.06. The summed E-state index contributed by atoms with van der Waals surface area (Å²) in [7, 11) is 0. The minimum absolute atomic E-state index is 0.0308. The molecule has 0 saturated carbocycles. The van der Waals surface area contributed by atoms with Gasteiger partial charge in [0.1, 0.15) is 12.7 Å². The van der Waals surface area contributed by atoms with Gasteiger partial charge in [-0.1, -0.05) is 0 Å². The van der Waals surface area contributed by atoms with Gasteiger partial charge < -0.3 is 14.8 Å². The average Bonchev–Trinajstić information content (AvgIpc) is 3.41. The first-order chi connectivity index (χ1) is 13.6. The maximum atomic E-state index is 12.7. The lowest BCUT2D eigenvalue weighted by Crippen LogP contribution is -2.55. The second-order valence-corrected chi connectivity index (χ2v) is 7.97. The Hall–Kier alpha value is -2.71. The number of nitrogens with zero attached hydrogens (tertiary/aromatic N) is 6. The van der Waals surface area contributed by atoms with E-state index in [0.29, 0.717) is 25.9 Å². The zero-order chi connectivity index (χ0) is 19.4. The minimum Gasteiger partial charge on any atom is -0.348 e. The summed E-state index contributed by atoms with van der Waals surface area (Å²) in [4.78, 5) is 40.2. The van der Waals surface area contributed by atoms with Crippen molar-refractivity contribution >= 4 is 11.8 Å². The average molecular weight is 385 g/mol. The first-order valence-corrected chi connectivity index (χ1v) is 9.99. The van der Waals surface area contributed by atoms with Crippen LogP contribution < -0.4 is 0 Å². The molecule has 2 amide bonds. The maximum Gasteiger partial charge on any atom is 0.224 e. The van der Waals surface area contributed by atoms with Gasteiger partial charge >= 0.3 is 0 Å². The first kappa shape index (κ1) is 18.6. The topological polar surface area (TPSA) is 100 Å². The number of imidazole rings is 1. The van der Waals surface area contributed by atoms with Crippen LogP contribution in [0.3, 0.4) is 0 Å². The summed E-state index contributed by atoms with van der Waals surface area (Å²) in [5.41, 5.74) is 1.07. The number of hydrogen-bond donors (Lipinski definition) is 1. The van der Waals surface area contributed by atoms with Crippen molar-refractivity contribution < 1.29 is 9.59 Å². The van der Waals surface area contributed by atoms with Gasteiger partial charge in [-0.3, -0.25) is 14.3 Å². The van der Waals surface area contributed by atoms with E-state index >= 15 is 0 Å². The van der Waals surface area contributed by atoms with Crippen LogP contribution in [-0.4, -0.2) is 72.5 Å². The first-order valence-electron chi connectivity index (χ1n) is 9.99. The largest absolute Gasteiger partial charge is 0.348 e. The monoisotopic (exact) mass is 385 g/mol. The number of hydrogen-bond acceptors (Lipinski definition) is 5. The number of piperidine rings is 2. The maximum absolute atomic E-state index is 12.7. The summed E-state index contributed by atoms with van der Waals surface area (Å²) in [6.07, 6.45) is 11.3. The molecule has 0 aliphatic carbocycles. The predicted molar refractivity (Wildman–Crippen MR) is 101 cm³/mol. The molecule has 150 valence electrons. The highest BCUT2D eigenvalue weighted by atomic mass is 16.2. The van der Waals surface area contributed by atoms with Gasteiger partial charge in [0.2, 0.25) is 11.8 Å². The number of nitrogens with one attached hydrogen (secondary N) is 1. The van der Waals surface area contributed by atoms with Crippen LogP contribution >= 0.6 is 0 Å². The Morgan fingerprint density at radius 1 is 1.21 bits per heavy atom. The predicted octanol–water partition coefficient (Wildman–Crippen LogP) is 0.865. The standard InChI is InChI=1S/C19H27N7O2/c27-17-2-6-19(12-25(17)8-3-16-10-20-13-22-16)5-1-7-24(11-19)18(28)4-9-26-15-21-14-23-26/h10,13-15H,1-9,11-12H2,(H,20,22)/t19-/m0/s1. The van der Waals surface area contributed by atoms with E-state index in [1.54, 1.807) is 23.5 Å². The van der Waals surface area contributed by atoms with Crippen molar-refractivity contribution in [3.63, 3.8) is 0 Å². The number of amides is 2. The fourth-order valence-electron chi connectivity index (χ4n) is 4.45. The molecule has 2 aromatic heterocycles. The van der Waals surface area contributed by atoms with Crippen molar-refractivity contribution in [1.29, 1.82) is 0 Å². The number of carbonyl (C=O) groups is 2. The van der Waals surface area contributed by atoms with E-state index in [-0.39, 0.29) is 17.2 Å². The highest BCUT2D eigenvalue weighted by Gasteiger charge is 2.42. The van der Waals surface area contributed by atoms with E-state index in [0.717, 1.165) is 51.0 Å². The van der Waals surface area contributed by atoms with E-state index in [4.69, 9.17) is 0 Å². The fourth-order valence-corrected chi connectivity index (χ4v) is 4.45. The molecular weight excluding hydrogens is 358 g/mol. The van der Waals surface area contributed by atoms with Gasteiger partial charge in [0.15, 0.2) is 0 Å². The third kappa shape index (κ3) is 4.23. The molecule has 0 bridgehead atoms. The molecule has 2 aromatic rings. The second-order valence-electron chi connectivity index (χ2n) is 7.97. The van der Waals surface area contributed by atoms with Crippen LogP contribution in [0.5, 0.6) is 0 Å². The molecular formula is C19H27N7O2. The number of H-pyrrole nitrogens is 1. The van der Waals surface area contributed by atoms with Gasteiger partial charge in [0.05, 0.1) is 12.9 Å². The minimum atomic E-state index is 0.0308. The highest BCUT2D eigenvalue weighted by Crippen LogP contribution is 2.39. The van der Waals surface area contributed by atoms with Crippen LogP contribution in [0.1, 0.15) is 37.8 Å². The molecule has 0 aromatic carbocycles. The van der Waals surface area contributed by atoms with Crippen LogP contribution in [0.25, 0.3) is 0 Å². The van der Waals surface area contributed by atoms with E-state index < -0.39 is 0 Å².